The molecule has 9 heteroatoms. The maximum atomic E-state index is 12.6. The van der Waals surface area contributed by atoms with E-state index < -0.39 is 11.1 Å². The number of carbonyl (C=O) groups excluding carboxylic acids is 1. The number of carbonyl (C=O) groups is 1. The number of hydrogen-bond acceptors (Lipinski definition) is 5. The molecule has 27 heavy (non-hydrogen) atoms. The van der Waals surface area contributed by atoms with E-state index in [1.165, 1.54) is 4.90 Å². The molecule has 0 spiro atoms. The van der Waals surface area contributed by atoms with Gasteiger partial charge in [-0.25, -0.2) is 19.8 Å². The van der Waals surface area contributed by atoms with E-state index in [0.29, 0.717) is 32.8 Å². The van der Waals surface area contributed by atoms with Crippen LogP contribution in [0.1, 0.15) is 23.1 Å². The Bertz CT molecular complexity index is 725. The minimum Gasteiger partial charge on any atom is -0.444 e. The molecule has 0 N–H and O–H groups in total. The van der Waals surface area contributed by atoms with Crippen LogP contribution >= 0.6 is 0 Å². The lowest BCUT2D eigenvalue weighted by atomic mass is 10.0. The molecule has 0 bridgehead atoms. The quantitative estimate of drug-likeness (QED) is 0.577. The van der Waals surface area contributed by atoms with E-state index in [0.717, 1.165) is 23.1 Å². The maximum absolute atomic E-state index is 12.6. The van der Waals surface area contributed by atoms with Crippen molar-refractivity contribution >= 4 is 12.1 Å². The molecule has 1 aromatic carbocycles. The summed E-state index contributed by atoms with van der Waals surface area (Å²) in [6.07, 6.45) is 0.280. The molecule has 2 aliphatic heterocycles. The summed E-state index contributed by atoms with van der Waals surface area (Å²) < 4.78 is 10.8. The zero-order chi connectivity index (χ0) is 19.4. The van der Waals surface area contributed by atoms with Gasteiger partial charge in [0, 0.05) is 25.6 Å². The van der Waals surface area contributed by atoms with E-state index in [1.807, 2.05) is 32.0 Å². The Morgan fingerprint density at radius 3 is 2.74 bits per heavy atom. The van der Waals surface area contributed by atoms with Crippen molar-refractivity contribution < 1.29 is 19.3 Å². The van der Waals surface area contributed by atoms with Gasteiger partial charge in [-0.3, -0.25) is 0 Å². The number of hydrogen-bond donors (Lipinski definition) is 0. The first kappa shape index (κ1) is 19.1. The number of nitro groups is 1. The van der Waals surface area contributed by atoms with E-state index in [2.05, 4.69) is 5.10 Å². The van der Waals surface area contributed by atoms with Crippen molar-refractivity contribution in [3.63, 3.8) is 0 Å². The molecule has 1 atom stereocenters. The van der Waals surface area contributed by atoms with Gasteiger partial charge >= 0.3 is 6.09 Å². The summed E-state index contributed by atoms with van der Waals surface area (Å²) >= 11 is 0. The minimum absolute atomic E-state index is 0.0402. The van der Waals surface area contributed by atoms with Gasteiger partial charge in [-0.1, -0.05) is 18.2 Å². The summed E-state index contributed by atoms with van der Waals surface area (Å²) in [7, 11) is 0. The van der Waals surface area contributed by atoms with Gasteiger partial charge in [0.2, 0.25) is 0 Å². The van der Waals surface area contributed by atoms with Crippen LogP contribution in [-0.2, 0) is 16.1 Å². The SMILES string of the molecule is Cc1cccc(C)c1COC(=O)N1CCN(CC2CCOC2)C1=N[N+](=O)[O-]. The van der Waals surface area contributed by atoms with Gasteiger partial charge in [-0.2, -0.15) is 0 Å². The lowest BCUT2D eigenvalue weighted by Gasteiger charge is -2.21. The number of guanidine groups is 1. The van der Waals surface area contributed by atoms with Crippen LogP contribution in [0.15, 0.2) is 23.3 Å². The molecule has 0 radical (unpaired) electrons. The fourth-order valence-electron chi connectivity index (χ4n) is 3.46. The number of ether oxygens (including phenoxy) is 2. The minimum atomic E-state index is -0.773. The summed E-state index contributed by atoms with van der Waals surface area (Å²) in [5.41, 5.74) is 3.01. The number of hydrazone groups is 1. The molecule has 1 unspecified atom stereocenters. The van der Waals surface area contributed by atoms with Gasteiger partial charge in [-0.15, -0.1) is 0 Å². The van der Waals surface area contributed by atoms with E-state index in [-0.39, 0.29) is 18.5 Å². The van der Waals surface area contributed by atoms with Gasteiger partial charge < -0.3 is 14.4 Å². The van der Waals surface area contributed by atoms with Crippen molar-refractivity contribution in [3.8, 4) is 0 Å². The molecule has 0 aromatic heterocycles. The first-order valence-corrected chi connectivity index (χ1v) is 9.00. The fraction of sp³-hybridized carbons (Fsp3) is 0.556. The average Bonchev–Trinajstić information content (AvgIpc) is 3.25. The molecular weight excluding hydrogens is 352 g/mol. The Hall–Kier alpha value is -2.68. The maximum Gasteiger partial charge on any atom is 0.417 e. The average molecular weight is 376 g/mol. The summed E-state index contributed by atoms with van der Waals surface area (Å²) in [6.45, 7) is 6.73. The molecule has 0 saturated carbocycles. The predicted molar refractivity (Wildman–Crippen MR) is 97.7 cm³/mol. The highest BCUT2D eigenvalue weighted by molar-refractivity contribution is 5.95. The molecule has 2 heterocycles. The smallest absolute Gasteiger partial charge is 0.417 e. The standard InChI is InChI=1S/C18H24N4O5/c1-13-4-3-5-14(2)16(13)12-27-18(23)21-8-7-20(17(21)19-22(24)25)10-15-6-9-26-11-15/h3-5,15H,6-12H2,1-2H3. The Labute approximate surface area is 157 Å². The Kier molecular flexibility index (Phi) is 5.90. The largest absolute Gasteiger partial charge is 0.444 e. The number of amides is 1. The third-order valence-electron chi connectivity index (χ3n) is 5.00. The highest BCUT2D eigenvalue weighted by Gasteiger charge is 2.36. The highest BCUT2D eigenvalue weighted by atomic mass is 16.7. The number of nitrogens with zero attached hydrogens (tertiary/aromatic N) is 4. The van der Waals surface area contributed by atoms with Crippen LogP contribution in [0.25, 0.3) is 0 Å². The molecule has 1 amide bonds. The van der Waals surface area contributed by atoms with Crippen molar-refractivity contribution in [2.45, 2.75) is 26.9 Å². The molecule has 1 aromatic rings. The van der Waals surface area contributed by atoms with Crippen molar-refractivity contribution in [1.82, 2.24) is 9.80 Å². The lowest BCUT2D eigenvalue weighted by molar-refractivity contribution is -0.486. The molecule has 146 valence electrons. The van der Waals surface area contributed by atoms with Crippen molar-refractivity contribution in [2.75, 3.05) is 32.8 Å². The van der Waals surface area contributed by atoms with Gasteiger partial charge in [-0.05, 0) is 37.0 Å². The monoisotopic (exact) mass is 376 g/mol. The first-order chi connectivity index (χ1) is 13.0. The second-order valence-corrected chi connectivity index (χ2v) is 6.89. The second kappa shape index (κ2) is 8.34. The number of rotatable bonds is 5. The third-order valence-corrected chi connectivity index (χ3v) is 5.00. The highest BCUT2D eigenvalue weighted by Crippen LogP contribution is 2.20. The second-order valence-electron chi connectivity index (χ2n) is 6.89. The van der Waals surface area contributed by atoms with E-state index in [4.69, 9.17) is 9.47 Å². The Morgan fingerprint density at radius 2 is 2.11 bits per heavy atom. The zero-order valence-electron chi connectivity index (χ0n) is 15.6. The van der Waals surface area contributed by atoms with Crippen molar-refractivity contribution in [3.05, 3.63) is 45.0 Å². The summed E-state index contributed by atoms with van der Waals surface area (Å²) in [5.74, 6) is 0.325. The first-order valence-electron chi connectivity index (χ1n) is 9.00. The normalized spacial score (nSPS) is 21.1. The predicted octanol–water partition coefficient (Wildman–Crippen LogP) is 2.14. The van der Waals surface area contributed by atoms with Crippen LogP contribution in [0.3, 0.4) is 0 Å². The molecule has 2 saturated heterocycles. The number of aryl methyl sites for hydroxylation is 2. The summed E-state index contributed by atoms with van der Waals surface area (Å²) in [6, 6.07) is 5.86. The van der Waals surface area contributed by atoms with E-state index in [1.54, 1.807) is 4.90 Å². The summed E-state index contributed by atoms with van der Waals surface area (Å²) in [4.78, 5) is 26.5. The number of benzene rings is 1. The van der Waals surface area contributed by atoms with Gasteiger partial charge in [0.25, 0.3) is 5.96 Å². The van der Waals surface area contributed by atoms with Crippen LogP contribution < -0.4 is 0 Å². The van der Waals surface area contributed by atoms with Gasteiger partial charge in [0.05, 0.1) is 13.2 Å². The van der Waals surface area contributed by atoms with Crippen molar-refractivity contribution in [2.24, 2.45) is 11.0 Å². The van der Waals surface area contributed by atoms with Crippen molar-refractivity contribution in [1.29, 1.82) is 0 Å². The Balaban J connectivity index is 1.68. The third kappa shape index (κ3) is 4.54. The molecule has 2 fully saturated rings. The Morgan fingerprint density at radius 1 is 1.37 bits per heavy atom. The molecular formula is C18H24N4O5. The lowest BCUT2D eigenvalue weighted by Crippen LogP contribution is -2.40. The van der Waals surface area contributed by atoms with Crippen LogP contribution in [-0.4, -0.2) is 59.7 Å². The molecule has 0 aliphatic carbocycles. The zero-order valence-corrected chi connectivity index (χ0v) is 15.6. The molecule has 9 nitrogen and oxygen atoms in total. The fourth-order valence-corrected chi connectivity index (χ4v) is 3.46. The van der Waals surface area contributed by atoms with Crippen LogP contribution in [0.4, 0.5) is 4.79 Å². The summed E-state index contributed by atoms with van der Waals surface area (Å²) in [5, 5.41) is 13.6. The van der Waals surface area contributed by atoms with E-state index in [9.17, 15) is 14.9 Å². The topological polar surface area (TPSA) is 97.5 Å². The van der Waals surface area contributed by atoms with Gasteiger partial charge in [0.15, 0.2) is 5.03 Å². The van der Waals surface area contributed by atoms with Gasteiger partial charge in [0.1, 0.15) is 11.7 Å². The van der Waals surface area contributed by atoms with E-state index >= 15 is 0 Å². The van der Waals surface area contributed by atoms with Crippen LogP contribution in [0.5, 0.6) is 0 Å². The van der Waals surface area contributed by atoms with Crippen LogP contribution in [0, 0.1) is 29.9 Å². The molecule has 2 aliphatic rings. The molecule has 3 rings (SSSR count). The van der Waals surface area contributed by atoms with Crippen LogP contribution in [0.2, 0.25) is 0 Å².